The molecule has 0 heterocycles. The third-order valence-electron chi connectivity index (χ3n) is 3.80. The number of carbonyl (C=O) groups excluding carboxylic acids is 1. The summed E-state index contributed by atoms with van der Waals surface area (Å²) < 4.78 is 0. The first-order chi connectivity index (χ1) is 8.87. The SMILES string of the molecule is CC1(C)CCCC(NC(=O)c2ccc(N)c(Cl)c2)C1. The predicted molar refractivity (Wildman–Crippen MR) is 79.4 cm³/mol. The number of nitrogens with one attached hydrogen (secondary N) is 1. The number of nitrogens with two attached hydrogens (primary N) is 1. The number of nitrogen functional groups attached to an aromatic ring is 1. The van der Waals surface area contributed by atoms with Crippen LogP contribution in [0, 0.1) is 5.41 Å². The average Bonchev–Trinajstić information content (AvgIpc) is 2.31. The van der Waals surface area contributed by atoms with Crippen LogP contribution in [0.1, 0.15) is 49.9 Å². The zero-order valence-electron chi connectivity index (χ0n) is 11.5. The van der Waals surface area contributed by atoms with Crippen LogP contribution in [0.25, 0.3) is 0 Å². The summed E-state index contributed by atoms with van der Waals surface area (Å²) in [4.78, 5) is 12.2. The Balaban J connectivity index is 2.02. The molecule has 1 unspecified atom stereocenters. The van der Waals surface area contributed by atoms with Gasteiger partial charge in [-0.25, -0.2) is 0 Å². The Labute approximate surface area is 119 Å². The molecule has 1 aliphatic rings. The molecule has 2 rings (SSSR count). The first-order valence-corrected chi connectivity index (χ1v) is 7.11. The molecule has 3 nitrogen and oxygen atoms in total. The number of rotatable bonds is 2. The van der Waals surface area contributed by atoms with Gasteiger partial charge in [-0.2, -0.15) is 0 Å². The average molecular weight is 281 g/mol. The van der Waals surface area contributed by atoms with E-state index < -0.39 is 0 Å². The van der Waals surface area contributed by atoms with Crippen molar-refractivity contribution in [1.82, 2.24) is 5.32 Å². The van der Waals surface area contributed by atoms with Crippen LogP contribution in [-0.4, -0.2) is 11.9 Å². The van der Waals surface area contributed by atoms with Crippen molar-refractivity contribution < 1.29 is 4.79 Å². The summed E-state index contributed by atoms with van der Waals surface area (Å²) in [5.41, 5.74) is 7.03. The molecule has 1 saturated carbocycles. The van der Waals surface area contributed by atoms with Crippen molar-refractivity contribution in [3.05, 3.63) is 28.8 Å². The van der Waals surface area contributed by atoms with Crippen LogP contribution in [0.4, 0.5) is 5.69 Å². The first-order valence-electron chi connectivity index (χ1n) is 6.73. The van der Waals surface area contributed by atoms with E-state index in [1.54, 1.807) is 18.2 Å². The van der Waals surface area contributed by atoms with Gasteiger partial charge in [0.1, 0.15) is 0 Å². The molecule has 4 heteroatoms. The highest BCUT2D eigenvalue weighted by atomic mass is 35.5. The molecular weight excluding hydrogens is 260 g/mol. The molecule has 1 aliphatic carbocycles. The smallest absolute Gasteiger partial charge is 0.251 e. The van der Waals surface area contributed by atoms with Gasteiger partial charge in [-0.15, -0.1) is 0 Å². The Bertz CT molecular complexity index is 485. The maximum absolute atomic E-state index is 12.2. The summed E-state index contributed by atoms with van der Waals surface area (Å²) in [7, 11) is 0. The summed E-state index contributed by atoms with van der Waals surface area (Å²) in [5.74, 6) is -0.0652. The predicted octanol–water partition coefficient (Wildman–Crippen LogP) is 3.62. The van der Waals surface area contributed by atoms with Crippen molar-refractivity contribution in [2.75, 3.05) is 5.73 Å². The van der Waals surface area contributed by atoms with E-state index in [0.29, 0.717) is 21.7 Å². The number of halogens is 1. The van der Waals surface area contributed by atoms with E-state index in [1.165, 1.54) is 12.8 Å². The van der Waals surface area contributed by atoms with E-state index in [9.17, 15) is 4.79 Å². The number of hydrogen-bond donors (Lipinski definition) is 2. The molecule has 0 aromatic heterocycles. The minimum absolute atomic E-state index is 0.0652. The van der Waals surface area contributed by atoms with Crippen molar-refractivity contribution in [2.45, 2.75) is 45.6 Å². The maximum atomic E-state index is 12.2. The largest absolute Gasteiger partial charge is 0.398 e. The molecule has 1 atom stereocenters. The summed E-state index contributed by atoms with van der Waals surface area (Å²) in [5, 5.41) is 3.53. The number of carbonyl (C=O) groups is 1. The fourth-order valence-electron chi connectivity index (χ4n) is 2.76. The van der Waals surface area contributed by atoms with E-state index >= 15 is 0 Å². The van der Waals surface area contributed by atoms with E-state index in [2.05, 4.69) is 19.2 Å². The zero-order valence-corrected chi connectivity index (χ0v) is 12.3. The van der Waals surface area contributed by atoms with Crippen LogP contribution in [0.2, 0.25) is 5.02 Å². The number of anilines is 1. The van der Waals surface area contributed by atoms with Crippen LogP contribution < -0.4 is 11.1 Å². The van der Waals surface area contributed by atoms with Crippen molar-refractivity contribution in [3.8, 4) is 0 Å². The van der Waals surface area contributed by atoms with E-state index in [0.717, 1.165) is 12.8 Å². The summed E-state index contributed by atoms with van der Waals surface area (Å²) >= 11 is 5.94. The van der Waals surface area contributed by atoms with Gasteiger partial charge in [0.15, 0.2) is 0 Å². The Morgan fingerprint density at radius 1 is 1.47 bits per heavy atom. The van der Waals surface area contributed by atoms with Crippen LogP contribution in [0.15, 0.2) is 18.2 Å². The van der Waals surface area contributed by atoms with Crippen LogP contribution >= 0.6 is 11.6 Å². The lowest BCUT2D eigenvalue weighted by Gasteiger charge is -2.35. The van der Waals surface area contributed by atoms with Gasteiger partial charge < -0.3 is 11.1 Å². The number of hydrogen-bond acceptors (Lipinski definition) is 2. The lowest BCUT2D eigenvalue weighted by molar-refractivity contribution is 0.0902. The standard InChI is InChI=1S/C15H21ClN2O/c1-15(2)7-3-4-11(9-15)18-14(19)10-5-6-13(17)12(16)8-10/h5-6,8,11H,3-4,7,9,17H2,1-2H3,(H,18,19). The molecule has 0 bridgehead atoms. The number of amides is 1. The lowest BCUT2D eigenvalue weighted by atomic mass is 9.75. The van der Waals surface area contributed by atoms with Crippen molar-refractivity contribution >= 4 is 23.2 Å². The van der Waals surface area contributed by atoms with E-state index in [1.807, 2.05) is 0 Å². The van der Waals surface area contributed by atoms with Crippen LogP contribution in [0.3, 0.4) is 0 Å². The Hall–Kier alpha value is -1.22. The second-order valence-electron chi connectivity index (χ2n) is 6.17. The highest BCUT2D eigenvalue weighted by molar-refractivity contribution is 6.33. The molecule has 3 N–H and O–H groups in total. The highest BCUT2D eigenvalue weighted by Crippen LogP contribution is 2.35. The van der Waals surface area contributed by atoms with Crippen molar-refractivity contribution in [3.63, 3.8) is 0 Å². The molecule has 0 spiro atoms. The summed E-state index contributed by atoms with van der Waals surface area (Å²) in [6.45, 7) is 4.51. The van der Waals surface area contributed by atoms with E-state index in [-0.39, 0.29) is 11.9 Å². The molecule has 104 valence electrons. The third kappa shape index (κ3) is 3.63. The van der Waals surface area contributed by atoms with Crippen molar-refractivity contribution in [2.24, 2.45) is 5.41 Å². The quantitative estimate of drug-likeness (QED) is 0.813. The molecule has 1 fully saturated rings. The zero-order chi connectivity index (χ0) is 14.0. The van der Waals surface area contributed by atoms with Gasteiger partial charge in [-0.3, -0.25) is 4.79 Å². The minimum Gasteiger partial charge on any atom is -0.398 e. The van der Waals surface area contributed by atoms with E-state index in [4.69, 9.17) is 17.3 Å². The van der Waals surface area contributed by atoms with Crippen LogP contribution in [0.5, 0.6) is 0 Å². The molecule has 1 amide bonds. The summed E-state index contributed by atoms with van der Waals surface area (Å²) in [6, 6.07) is 5.26. The third-order valence-corrected chi connectivity index (χ3v) is 4.13. The lowest BCUT2D eigenvalue weighted by Crippen LogP contribution is -2.40. The molecule has 0 saturated heterocycles. The number of benzene rings is 1. The fraction of sp³-hybridized carbons (Fsp3) is 0.533. The van der Waals surface area contributed by atoms with Gasteiger partial charge >= 0.3 is 0 Å². The summed E-state index contributed by atoms with van der Waals surface area (Å²) in [6.07, 6.45) is 4.48. The molecule has 0 aliphatic heterocycles. The molecule has 1 aromatic carbocycles. The molecular formula is C15H21ClN2O. The van der Waals surface area contributed by atoms with Gasteiger partial charge in [0.05, 0.1) is 10.7 Å². The Morgan fingerprint density at radius 3 is 2.84 bits per heavy atom. The van der Waals surface area contributed by atoms with Crippen molar-refractivity contribution in [1.29, 1.82) is 0 Å². The Kier molecular flexibility index (Phi) is 4.04. The monoisotopic (exact) mass is 280 g/mol. The topological polar surface area (TPSA) is 55.1 Å². The minimum atomic E-state index is -0.0652. The van der Waals surface area contributed by atoms with Gasteiger partial charge in [0.25, 0.3) is 5.91 Å². The Morgan fingerprint density at radius 2 is 2.21 bits per heavy atom. The van der Waals surface area contributed by atoms with Crippen LogP contribution in [-0.2, 0) is 0 Å². The second-order valence-corrected chi connectivity index (χ2v) is 6.57. The van der Waals surface area contributed by atoms with Gasteiger partial charge in [0.2, 0.25) is 0 Å². The van der Waals surface area contributed by atoms with Gasteiger partial charge in [-0.1, -0.05) is 31.9 Å². The molecule has 1 aromatic rings. The normalized spacial score (nSPS) is 21.9. The second kappa shape index (κ2) is 5.41. The maximum Gasteiger partial charge on any atom is 0.251 e. The highest BCUT2D eigenvalue weighted by Gasteiger charge is 2.28. The first kappa shape index (κ1) is 14.2. The molecule has 0 radical (unpaired) electrons. The van der Waals surface area contributed by atoms with Gasteiger partial charge in [0, 0.05) is 11.6 Å². The molecule has 19 heavy (non-hydrogen) atoms. The van der Waals surface area contributed by atoms with Gasteiger partial charge in [-0.05, 0) is 42.9 Å². The fourth-order valence-corrected chi connectivity index (χ4v) is 2.94.